The summed E-state index contributed by atoms with van der Waals surface area (Å²) in [5.41, 5.74) is 0.736. The van der Waals surface area contributed by atoms with Gasteiger partial charge in [0.1, 0.15) is 0 Å². The van der Waals surface area contributed by atoms with Gasteiger partial charge in [-0.15, -0.1) is 0 Å². The first-order chi connectivity index (χ1) is 13.3. The highest BCUT2D eigenvalue weighted by atomic mass is 35.5. The zero-order valence-corrected chi connectivity index (χ0v) is 15.8. The molecule has 0 aliphatic carbocycles. The van der Waals surface area contributed by atoms with Crippen LogP contribution in [-0.4, -0.2) is 31.7 Å². The molecule has 0 fully saturated rings. The lowest BCUT2D eigenvalue weighted by molar-refractivity contribution is -0.129. The third-order valence-corrected chi connectivity index (χ3v) is 4.05. The number of hydrogen-bond donors (Lipinski definition) is 1. The summed E-state index contributed by atoms with van der Waals surface area (Å²) in [4.78, 5) is 24.4. The average molecular weight is 414 g/mol. The van der Waals surface area contributed by atoms with Crippen LogP contribution in [0.4, 0.5) is 8.78 Å². The molecule has 28 heavy (non-hydrogen) atoms. The first-order valence-electron chi connectivity index (χ1n) is 8.16. The molecule has 0 radical (unpaired) electrons. The van der Waals surface area contributed by atoms with E-state index in [1.807, 2.05) is 0 Å². The van der Waals surface area contributed by atoms with Crippen LogP contribution in [0.5, 0.6) is 11.5 Å². The van der Waals surface area contributed by atoms with E-state index in [9.17, 15) is 18.4 Å². The molecule has 1 amide bonds. The number of methoxy groups -OCH3 is 1. The minimum Gasteiger partial charge on any atom is -0.493 e. The molecule has 0 saturated heterocycles. The van der Waals surface area contributed by atoms with E-state index in [4.69, 9.17) is 21.1 Å². The maximum Gasteiger partial charge on any atom is 0.387 e. The summed E-state index contributed by atoms with van der Waals surface area (Å²) in [7, 11) is 1.24. The van der Waals surface area contributed by atoms with E-state index in [1.165, 1.54) is 26.2 Å². The van der Waals surface area contributed by atoms with Crippen molar-refractivity contribution in [3.05, 3.63) is 58.6 Å². The Morgan fingerprint density at radius 1 is 1.14 bits per heavy atom. The fourth-order valence-corrected chi connectivity index (χ4v) is 2.44. The lowest BCUT2D eigenvalue weighted by Crippen LogP contribution is -2.35. The summed E-state index contributed by atoms with van der Waals surface area (Å²) in [5.74, 6) is -1.62. The molecule has 2 aromatic carbocycles. The predicted molar refractivity (Wildman–Crippen MR) is 97.8 cm³/mol. The van der Waals surface area contributed by atoms with Gasteiger partial charge in [0.05, 0.1) is 12.7 Å². The Bertz CT molecular complexity index is 847. The average Bonchev–Trinajstić information content (AvgIpc) is 2.66. The molecule has 0 bridgehead atoms. The van der Waals surface area contributed by atoms with E-state index in [-0.39, 0.29) is 23.6 Å². The van der Waals surface area contributed by atoms with Crippen molar-refractivity contribution in [2.24, 2.45) is 0 Å². The second-order valence-corrected chi connectivity index (χ2v) is 6.01. The maximum absolute atomic E-state index is 12.4. The number of ether oxygens (including phenoxy) is 3. The number of rotatable bonds is 8. The summed E-state index contributed by atoms with van der Waals surface area (Å²) < 4.78 is 39.0. The first-order valence-corrected chi connectivity index (χ1v) is 8.54. The maximum atomic E-state index is 12.4. The van der Waals surface area contributed by atoms with Crippen molar-refractivity contribution >= 4 is 23.5 Å². The number of alkyl halides is 2. The molecule has 9 heteroatoms. The minimum atomic E-state index is -3.03. The van der Waals surface area contributed by atoms with Crippen LogP contribution in [0.25, 0.3) is 0 Å². The topological polar surface area (TPSA) is 73.9 Å². The van der Waals surface area contributed by atoms with E-state index < -0.39 is 24.6 Å². The molecule has 0 aliphatic heterocycles. The SMILES string of the molecule is COc1cc(C(=O)O[C@@H](C)C(=O)NCc2ccccc2Cl)ccc1OC(F)F. The zero-order chi connectivity index (χ0) is 20.7. The molecule has 0 unspecified atom stereocenters. The highest BCUT2D eigenvalue weighted by Crippen LogP contribution is 2.29. The van der Waals surface area contributed by atoms with Crippen LogP contribution < -0.4 is 14.8 Å². The van der Waals surface area contributed by atoms with Crippen molar-refractivity contribution in [3.63, 3.8) is 0 Å². The van der Waals surface area contributed by atoms with Gasteiger partial charge in [0, 0.05) is 11.6 Å². The van der Waals surface area contributed by atoms with Gasteiger partial charge in [-0.05, 0) is 36.8 Å². The summed E-state index contributed by atoms with van der Waals surface area (Å²) >= 11 is 6.02. The molecule has 0 aromatic heterocycles. The quantitative estimate of drug-likeness (QED) is 0.666. The van der Waals surface area contributed by atoms with E-state index in [0.717, 1.165) is 11.6 Å². The largest absolute Gasteiger partial charge is 0.493 e. The zero-order valence-electron chi connectivity index (χ0n) is 15.1. The summed E-state index contributed by atoms with van der Waals surface area (Å²) in [6.07, 6.45) is -1.09. The third-order valence-electron chi connectivity index (χ3n) is 3.68. The Hall–Kier alpha value is -2.87. The summed E-state index contributed by atoms with van der Waals surface area (Å²) in [6.45, 7) is -1.45. The Kier molecular flexibility index (Phi) is 7.57. The molecule has 1 N–H and O–H groups in total. The molecule has 2 aromatic rings. The second-order valence-electron chi connectivity index (χ2n) is 5.60. The Labute approximate surface area is 165 Å². The smallest absolute Gasteiger partial charge is 0.387 e. The lowest BCUT2D eigenvalue weighted by Gasteiger charge is -2.15. The van der Waals surface area contributed by atoms with E-state index >= 15 is 0 Å². The number of hydrogen-bond acceptors (Lipinski definition) is 5. The van der Waals surface area contributed by atoms with Gasteiger partial charge in [-0.1, -0.05) is 29.8 Å². The molecule has 2 rings (SSSR count). The molecule has 150 valence electrons. The normalized spacial score (nSPS) is 11.6. The number of esters is 1. The Morgan fingerprint density at radius 3 is 2.50 bits per heavy atom. The van der Waals surface area contributed by atoms with Crippen molar-refractivity contribution in [2.75, 3.05) is 7.11 Å². The van der Waals surface area contributed by atoms with Crippen LogP contribution in [0, 0.1) is 0 Å². The van der Waals surface area contributed by atoms with Gasteiger partial charge in [-0.3, -0.25) is 4.79 Å². The van der Waals surface area contributed by atoms with Crippen LogP contribution >= 0.6 is 11.6 Å². The molecule has 6 nitrogen and oxygen atoms in total. The molecule has 1 atom stereocenters. The monoisotopic (exact) mass is 413 g/mol. The molecule has 0 saturated carbocycles. The summed E-state index contributed by atoms with van der Waals surface area (Å²) in [6, 6.07) is 10.6. The number of nitrogens with one attached hydrogen (secondary N) is 1. The van der Waals surface area contributed by atoms with E-state index in [0.29, 0.717) is 5.02 Å². The summed E-state index contributed by atoms with van der Waals surface area (Å²) in [5, 5.41) is 3.13. The number of carbonyl (C=O) groups is 2. The Morgan fingerprint density at radius 2 is 1.86 bits per heavy atom. The van der Waals surface area contributed by atoms with Crippen molar-refractivity contribution in [1.29, 1.82) is 0 Å². The number of benzene rings is 2. The van der Waals surface area contributed by atoms with Crippen LogP contribution in [0.15, 0.2) is 42.5 Å². The van der Waals surface area contributed by atoms with Gasteiger partial charge in [0.2, 0.25) is 0 Å². The van der Waals surface area contributed by atoms with Crippen LogP contribution in [0.3, 0.4) is 0 Å². The van der Waals surface area contributed by atoms with Gasteiger partial charge in [-0.25, -0.2) is 4.79 Å². The molecule has 0 aliphatic rings. The lowest BCUT2D eigenvalue weighted by atomic mass is 10.2. The second kappa shape index (κ2) is 9.89. The fraction of sp³-hybridized carbons (Fsp3) is 0.263. The molecular weight excluding hydrogens is 396 g/mol. The molecule has 0 heterocycles. The fourth-order valence-electron chi connectivity index (χ4n) is 2.24. The van der Waals surface area contributed by atoms with E-state index in [1.54, 1.807) is 24.3 Å². The Balaban J connectivity index is 1.97. The third kappa shape index (κ3) is 5.82. The molecular formula is C19H18ClF2NO5. The van der Waals surface area contributed by atoms with Gasteiger partial charge in [-0.2, -0.15) is 8.78 Å². The van der Waals surface area contributed by atoms with Crippen LogP contribution in [0.1, 0.15) is 22.8 Å². The molecule has 0 spiro atoms. The van der Waals surface area contributed by atoms with Crippen molar-refractivity contribution in [1.82, 2.24) is 5.32 Å². The first kappa shape index (κ1) is 21.4. The van der Waals surface area contributed by atoms with Crippen LogP contribution in [0.2, 0.25) is 5.02 Å². The van der Waals surface area contributed by atoms with Gasteiger partial charge in [0.25, 0.3) is 5.91 Å². The number of amides is 1. The van der Waals surface area contributed by atoms with E-state index in [2.05, 4.69) is 10.1 Å². The predicted octanol–water partition coefficient (Wildman–Crippen LogP) is 3.81. The van der Waals surface area contributed by atoms with Gasteiger partial charge in [0.15, 0.2) is 17.6 Å². The van der Waals surface area contributed by atoms with Crippen molar-refractivity contribution < 1.29 is 32.6 Å². The van der Waals surface area contributed by atoms with Gasteiger partial charge >= 0.3 is 12.6 Å². The highest BCUT2D eigenvalue weighted by Gasteiger charge is 2.21. The van der Waals surface area contributed by atoms with Crippen LogP contribution in [-0.2, 0) is 16.1 Å². The highest BCUT2D eigenvalue weighted by molar-refractivity contribution is 6.31. The van der Waals surface area contributed by atoms with Crippen molar-refractivity contribution in [3.8, 4) is 11.5 Å². The number of halogens is 3. The van der Waals surface area contributed by atoms with Gasteiger partial charge < -0.3 is 19.5 Å². The van der Waals surface area contributed by atoms with Crippen molar-refractivity contribution in [2.45, 2.75) is 26.2 Å². The minimum absolute atomic E-state index is 0.0178. The number of carbonyl (C=O) groups excluding carboxylic acids is 2. The standard InChI is InChI=1S/C19H18ClF2NO5/c1-11(17(24)23-10-13-5-3-4-6-14(13)20)27-18(25)12-7-8-15(28-19(21)22)16(9-12)26-2/h3-9,11,19H,10H2,1-2H3,(H,23,24)/t11-/m0/s1.